The second-order valence-corrected chi connectivity index (χ2v) is 8.41. The molecule has 0 radical (unpaired) electrons. The van der Waals surface area contributed by atoms with Crippen LogP contribution in [0, 0.1) is 11.6 Å². The average Bonchev–Trinajstić information content (AvgIpc) is 3.07. The lowest BCUT2D eigenvalue weighted by atomic mass is 10.1. The van der Waals surface area contributed by atoms with Crippen LogP contribution in [0.2, 0.25) is 0 Å². The van der Waals surface area contributed by atoms with Gasteiger partial charge in [-0.3, -0.25) is 0 Å². The van der Waals surface area contributed by atoms with Gasteiger partial charge in [0.05, 0.1) is 0 Å². The predicted octanol–water partition coefficient (Wildman–Crippen LogP) is 2.08. The van der Waals surface area contributed by atoms with Gasteiger partial charge in [0, 0.05) is 51.0 Å². The Balaban J connectivity index is 1.66. The lowest BCUT2D eigenvalue weighted by molar-refractivity contribution is 0.426. The van der Waals surface area contributed by atoms with E-state index < -0.39 is 26.6 Å². The first kappa shape index (κ1) is 17.4. The van der Waals surface area contributed by atoms with Crippen LogP contribution >= 0.6 is 0 Å². The van der Waals surface area contributed by atoms with E-state index in [-0.39, 0.29) is 13.1 Å². The molecule has 0 amide bonds. The van der Waals surface area contributed by atoms with Crippen molar-refractivity contribution >= 4 is 15.7 Å². The van der Waals surface area contributed by atoms with Crippen molar-refractivity contribution in [3.8, 4) is 0 Å². The van der Waals surface area contributed by atoms with Crippen molar-refractivity contribution in [2.24, 2.45) is 0 Å². The average molecular weight is 379 g/mol. The minimum absolute atomic E-state index is 0.189. The Labute approximate surface area is 151 Å². The number of piperazine rings is 1. The fraction of sp³-hybridized carbons (Fsp3) is 0.333. The summed E-state index contributed by atoms with van der Waals surface area (Å²) in [5.41, 5.74) is 2.91. The number of nitrogens with one attached hydrogen (secondary N) is 1. The van der Waals surface area contributed by atoms with Gasteiger partial charge in [-0.1, -0.05) is 12.1 Å². The maximum Gasteiger partial charge on any atom is 0.246 e. The van der Waals surface area contributed by atoms with Crippen LogP contribution < -0.4 is 10.2 Å². The number of benzene rings is 2. The number of nitrogens with zero attached hydrogens (tertiary/aromatic N) is 2. The molecule has 4 rings (SSSR count). The molecule has 0 aromatic heterocycles. The van der Waals surface area contributed by atoms with E-state index in [9.17, 15) is 17.2 Å². The van der Waals surface area contributed by atoms with Crippen molar-refractivity contribution in [3.63, 3.8) is 0 Å². The minimum Gasteiger partial charge on any atom is -0.369 e. The molecule has 0 spiro atoms. The first-order valence-electron chi connectivity index (χ1n) is 8.48. The van der Waals surface area contributed by atoms with Gasteiger partial charge in [0.2, 0.25) is 10.0 Å². The van der Waals surface area contributed by atoms with Crippen molar-refractivity contribution in [2.45, 2.75) is 18.0 Å². The second-order valence-electron chi connectivity index (χ2n) is 6.50. The number of rotatable bonds is 3. The topological polar surface area (TPSA) is 52.7 Å². The molecule has 8 heteroatoms. The van der Waals surface area contributed by atoms with Crippen LogP contribution in [0.15, 0.2) is 41.3 Å². The zero-order valence-corrected chi connectivity index (χ0v) is 14.9. The number of hydrogen-bond acceptors (Lipinski definition) is 4. The normalized spacial score (nSPS) is 18.2. The highest BCUT2D eigenvalue weighted by molar-refractivity contribution is 7.89. The lowest BCUT2D eigenvalue weighted by Gasteiger charge is -2.31. The largest absolute Gasteiger partial charge is 0.369 e. The molecule has 2 heterocycles. The quantitative estimate of drug-likeness (QED) is 0.887. The summed E-state index contributed by atoms with van der Waals surface area (Å²) in [6, 6.07) is 8.37. The molecule has 5 nitrogen and oxygen atoms in total. The van der Waals surface area contributed by atoms with Gasteiger partial charge in [-0.25, -0.2) is 17.2 Å². The van der Waals surface area contributed by atoms with Gasteiger partial charge in [0.15, 0.2) is 0 Å². The van der Waals surface area contributed by atoms with E-state index in [4.69, 9.17) is 0 Å². The fourth-order valence-corrected chi connectivity index (χ4v) is 5.00. The third-order valence-corrected chi connectivity index (χ3v) is 6.72. The first-order chi connectivity index (χ1) is 12.5. The molecule has 1 N–H and O–H groups in total. The van der Waals surface area contributed by atoms with E-state index in [1.165, 1.54) is 4.31 Å². The molecule has 138 valence electrons. The van der Waals surface area contributed by atoms with Crippen molar-refractivity contribution in [1.82, 2.24) is 9.62 Å². The van der Waals surface area contributed by atoms with Crippen LogP contribution in [0.25, 0.3) is 0 Å². The van der Waals surface area contributed by atoms with Crippen LogP contribution in [0.4, 0.5) is 14.5 Å². The highest BCUT2D eigenvalue weighted by Gasteiger charge is 2.34. The predicted molar refractivity (Wildman–Crippen MR) is 94.3 cm³/mol. The van der Waals surface area contributed by atoms with E-state index in [1.807, 2.05) is 18.2 Å². The minimum atomic E-state index is -4.04. The summed E-state index contributed by atoms with van der Waals surface area (Å²) >= 11 is 0. The molecule has 2 aromatic rings. The van der Waals surface area contributed by atoms with E-state index in [0.29, 0.717) is 6.07 Å². The molecular formula is C18H19F2N3O2S. The summed E-state index contributed by atoms with van der Waals surface area (Å²) in [6.45, 7) is 3.85. The van der Waals surface area contributed by atoms with Gasteiger partial charge in [-0.2, -0.15) is 4.31 Å². The van der Waals surface area contributed by atoms with E-state index in [0.717, 1.165) is 55.1 Å². The Bertz CT molecular complexity index is 943. The van der Waals surface area contributed by atoms with Gasteiger partial charge in [0.25, 0.3) is 0 Å². The van der Waals surface area contributed by atoms with Crippen LogP contribution in [0.5, 0.6) is 0 Å². The molecule has 2 aliphatic heterocycles. The third kappa shape index (κ3) is 2.98. The Morgan fingerprint density at radius 1 is 1.00 bits per heavy atom. The molecule has 2 aliphatic rings. The summed E-state index contributed by atoms with van der Waals surface area (Å²) in [5.74, 6) is -1.87. The van der Waals surface area contributed by atoms with Crippen molar-refractivity contribution in [3.05, 3.63) is 59.2 Å². The first-order valence-corrected chi connectivity index (χ1v) is 9.92. The van der Waals surface area contributed by atoms with E-state index in [2.05, 4.69) is 10.2 Å². The second kappa shape index (κ2) is 6.61. The Hall–Kier alpha value is -2.03. The molecule has 2 aromatic carbocycles. The molecule has 0 saturated carbocycles. The molecular weight excluding hydrogens is 360 g/mol. The maximum absolute atomic E-state index is 14.0. The summed E-state index contributed by atoms with van der Waals surface area (Å²) < 4.78 is 54.1. The molecule has 0 bridgehead atoms. The monoisotopic (exact) mass is 379 g/mol. The lowest BCUT2D eigenvalue weighted by Crippen LogP contribution is -2.44. The molecule has 1 saturated heterocycles. The van der Waals surface area contributed by atoms with Gasteiger partial charge < -0.3 is 10.2 Å². The number of fused-ring (bicyclic) bond motifs is 1. The van der Waals surface area contributed by atoms with Crippen molar-refractivity contribution in [2.75, 3.05) is 31.1 Å². The zero-order valence-electron chi connectivity index (χ0n) is 14.1. The van der Waals surface area contributed by atoms with Gasteiger partial charge in [-0.15, -0.1) is 0 Å². The van der Waals surface area contributed by atoms with Gasteiger partial charge in [0.1, 0.15) is 16.5 Å². The summed E-state index contributed by atoms with van der Waals surface area (Å²) in [4.78, 5) is 1.75. The number of anilines is 1. The van der Waals surface area contributed by atoms with E-state index in [1.54, 1.807) is 0 Å². The van der Waals surface area contributed by atoms with Crippen molar-refractivity contribution in [1.29, 1.82) is 0 Å². The van der Waals surface area contributed by atoms with Gasteiger partial charge >= 0.3 is 0 Å². The number of halogens is 2. The summed E-state index contributed by atoms with van der Waals surface area (Å²) in [5, 5.41) is 3.30. The molecule has 0 aliphatic carbocycles. The summed E-state index contributed by atoms with van der Waals surface area (Å²) in [7, 11) is -4.04. The maximum atomic E-state index is 14.0. The van der Waals surface area contributed by atoms with Crippen LogP contribution in [0.1, 0.15) is 11.1 Å². The Morgan fingerprint density at radius 3 is 2.50 bits per heavy atom. The van der Waals surface area contributed by atoms with Crippen LogP contribution in [-0.4, -0.2) is 38.9 Å². The molecule has 1 fully saturated rings. The van der Waals surface area contributed by atoms with Crippen LogP contribution in [-0.2, 0) is 23.1 Å². The number of sulfonamides is 1. The number of hydrogen-bond donors (Lipinski definition) is 1. The zero-order chi connectivity index (χ0) is 18.3. The standard InChI is InChI=1S/C18H19F2N3O2S/c19-14-4-5-18(16(20)10-14)26(24,25)23-11-13-2-1-3-17(15(13)12-23)22-8-6-21-7-9-22/h1-5,10,21H,6-9,11-12H2. The summed E-state index contributed by atoms with van der Waals surface area (Å²) in [6.07, 6.45) is 0. The van der Waals surface area contributed by atoms with Crippen LogP contribution in [0.3, 0.4) is 0 Å². The third-order valence-electron chi connectivity index (χ3n) is 4.90. The Morgan fingerprint density at radius 2 is 1.77 bits per heavy atom. The Kier molecular flexibility index (Phi) is 4.42. The molecule has 0 unspecified atom stereocenters. The van der Waals surface area contributed by atoms with E-state index >= 15 is 0 Å². The van der Waals surface area contributed by atoms with Crippen molar-refractivity contribution < 1.29 is 17.2 Å². The highest BCUT2D eigenvalue weighted by atomic mass is 32.2. The highest BCUT2D eigenvalue weighted by Crippen LogP contribution is 2.35. The SMILES string of the molecule is O=S(=O)(c1ccc(F)cc1F)N1Cc2cccc(N3CCNCC3)c2C1. The van der Waals surface area contributed by atoms with Gasteiger partial charge in [-0.05, 0) is 29.3 Å². The fourth-order valence-electron chi connectivity index (χ4n) is 3.57. The molecule has 0 atom stereocenters. The smallest absolute Gasteiger partial charge is 0.246 e. The molecule has 26 heavy (non-hydrogen) atoms.